The lowest BCUT2D eigenvalue weighted by molar-refractivity contribution is -0.126. The zero-order valence-electron chi connectivity index (χ0n) is 12.3. The summed E-state index contributed by atoms with van der Waals surface area (Å²) in [6.07, 6.45) is 2.87. The summed E-state index contributed by atoms with van der Waals surface area (Å²) in [4.78, 5) is 13.4. The molecule has 1 aliphatic carbocycles. The van der Waals surface area contributed by atoms with Crippen LogP contribution < -0.4 is 0 Å². The first-order chi connectivity index (χ1) is 9.42. The van der Waals surface area contributed by atoms with E-state index in [4.69, 9.17) is 5.26 Å². The third-order valence-electron chi connectivity index (χ3n) is 4.09. The van der Waals surface area contributed by atoms with E-state index >= 15 is 0 Å². The molecule has 2 unspecified atom stereocenters. The van der Waals surface area contributed by atoms with Gasteiger partial charge < -0.3 is 0 Å². The predicted molar refractivity (Wildman–Crippen MR) is 82.6 cm³/mol. The maximum Gasteiger partial charge on any atom is 0.137 e. The first-order valence-electron chi connectivity index (χ1n) is 7.14. The average Bonchev–Trinajstić information content (AvgIpc) is 2.38. The zero-order chi connectivity index (χ0) is 14.8. The highest BCUT2D eigenvalue weighted by Gasteiger charge is 2.38. The van der Waals surface area contributed by atoms with E-state index in [0.717, 1.165) is 24.2 Å². The zero-order valence-corrected chi connectivity index (χ0v) is 13.2. The lowest BCUT2D eigenvalue weighted by Crippen LogP contribution is -2.37. The summed E-state index contributed by atoms with van der Waals surface area (Å²) in [5.41, 5.74) is 0.676. The number of hydrogen-bond acceptors (Lipinski definition) is 3. The van der Waals surface area contributed by atoms with Crippen molar-refractivity contribution >= 4 is 17.5 Å². The number of ketones is 1. The lowest BCUT2D eigenvalue weighted by Gasteiger charge is -2.37. The van der Waals surface area contributed by atoms with Gasteiger partial charge in [0.1, 0.15) is 5.78 Å². The van der Waals surface area contributed by atoms with Crippen LogP contribution >= 0.6 is 11.8 Å². The van der Waals surface area contributed by atoms with Crippen molar-refractivity contribution in [2.24, 2.45) is 11.8 Å². The Balaban J connectivity index is 2.09. The summed E-state index contributed by atoms with van der Waals surface area (Å²) in [6, 6.07) is 9.75. The number of Topliss-reactive ketones (excluding diaryl/α,β-unsaturated/α-hetero) is 1. The van der Waals surface area contributed by atoms with Crippen LogP contribution in [0, 0.1) is 23.2 Å². The molecule has 0 bridgehead atoms. The van der Waals surface area contributed by atoms with Crippen LogP contribution in [-0.4, -0.2) is 10.5 Å². The van der Waals surface area contributed by atoms with Crippen LogP contribution in [-0.2, 0) is 4.79 Å². The molecule has 1 fully saturated rings. The van der Waals surface area contributed by atoms with Gasteiger partial charge in [0.15, 0.2) is 0 Å². The summed E-state index contributed by atoms with van der Waals surface area (Å²) in [7, 11) is 0. The van der Waals surface area contributed by atoms with E-state index in [1.54, 1.807) is 11.8 Å². The van der Waals surface area contributed by atoms with E-state index in [1.807, 2.05) is 24.3 Å². The first kappa shape index (κ1) is 15.1. The molecule has 1 aromatic rings. The number of benzene rings is 1. The summed E-state index contributed by atoms with van der Waals surface area (Å²) in [5, 5.41) is 8.82. The predicted octanol–water partition coefficient (Wildman–Crippen LogP) is 4.43. The largest absolute Gasteiger partial charge is 0.299 e. The van der Waals surface area contributed by atoms with Gasteiger partial charge in [0.25, 0.3) is 0 Å². The Kier molecular flexibility index (Phi) is 4.55. The number of hydrogen-bond donors (Lipinski definition) is 0. The minimum Gasteiger partial charge on any atom is -0.299 e. The Morgan fingerprint density at radius 3 is 2.45 bits per heavy atom. The van der Waals surface area contributed by atoms with Gasteiger partial charge in [-0.15, -0.1) is 11.8 Å². The molecule has 2 atom stereocenters. The smallest absolute Gasteiger partial charge is 0.137 e. The molecular weight excluding hydrogens is 266 g/mol. The van der Waals surface area contributed by atoms with Gasteiger partial charge in [-0.05, 0) is 56.9 Å². The summed E-state index contributed by atoms with van der Waals surface area (Å²) in [5.74, 6) is 1.09. The molecule has 3 heteroatoms. The summed E-state index contributed by atoms with van der Waals surface area (Å²) in [6.45, 7) is 6.48. The lowest BCUT2D eigenvalue weighted by atomic mass is 9.76. The highest BCUT2D eigenvalue weighted by Crippen LogP contribution is 2.43. The Labute approximate surface area is 125 Å². The van der Waals surface area contributed by atoms with Crippen LogP contribution in [0.5, 0.6) is 0 Å². The minimum atomic E-state index is -0.0919. The molecule has 1 aliphatic rings. The first-order valence-corrected chi connectivity index (χ1v) is 7.96. The molecule has 0 N–H and O–H groups in total. The molecule has 106 valence electrons. The van der Waals surface area contributed by atoms with Gasteiger partial charge in [-0.25, -0.2) is 0 Å². The van der Waals surface area contributed by atoms with Crippen molar-refractivity contribution in [3.63, 3.8) is 0 Å². The molecule has 0 radical (unpaired) electrons. The van der Waals surface area contributed by atoms with Crippen LogP contribution in [0.4, 0.5) is 0 Å². The SMILES string of the molecule is CC1CCC(C(C)(C)Sc2ccc(C#N)cc2)C(=O)C1. The van der Waals surface area contributed by atoms with E-state index in [1.165, 1.54) is 0 Å². The molecule has 0 spiro atoms. The molecule has 1 aromatic carbocycles. The normalized spacial score (nSPS) is 23.4. The Morgan fingerprint density at radius 2 is 1.90 bits per heavy atom. The van der Waals surface area contributed by atoms with Crippen molar-refractivity contribution in [3.05, 3.63) is 29.8 Å². The van der Waals surface area contributed by atoms with Crippen molar-refractivity contribution in [1.82, 2.24) is 0 Å². The Morgan fingerprint density at radius 1 is 1.25 bits per heavy atom. The van der Waals surface area contributed by atoms with Gasteiger partial charge in [-0.2, -0.15) is 5.26 Å². The van der Waals surface area contributed by atoms with Gasteiger partial charge >= 0.3 is 0 Å². The van der Waals surface area contributed by atoms with Crippen molar-refractivity contribution in [3.8, 4) is 6.07 Å². The van der Waals surface area contributed by atoms with Crippen LogP contribution in [0.25, 0.3) is 0 Å². The van der Waals surface area contributed by atoms with Gasteiger partial charge in [-0.3, -0.25) is 4.79 Å². The van der Waals surface area contributed by atoms with E-state index < -0.39 is 0 Å². The fraction of sp³-hybridized carbons (Fsp3) is 0.529. The molecule has 0 amide bonds. The number of rotatable bonds is 3. The summed E-state index contributed by atoms with van der Waals surface area (Å²) < 4.78 is -0.0919. The van der Waals surface area contributed by atoms with Crippen LogP contribution in [0.1, 0.15) is 45.6 Å². The molecule has 1 saturated carbocycles. The van der Waals surface area contributed by atoms with Crippen molar-refractivity contribution in [2.45, 2.75) is 49.7 Å². The molecule has 0 aliphatic heterocycles. The number of nitriles is 1. The quantitative estimate of drug-likeness (QED) is 0.772. The molecular formula is C17H21NOS. The van der Waals surface area contributed by atoms with Crippen LogP contribution in [0.15, 0.2) is 29.2 Å². The van der Waals surface area contributed by atoms with Gasteiger partial charge in [0.2, 0.25) is 0 Å². The number of carbonyl (C=O) groups is 1. The van der Waals surface area contributed by atoms with Crippen LogP contribution in [0.3, 0.4) is 0 Å². The summed E-state index contributed by atoms with van der Waals surface area (Å²) >= 11 is 1.75. The third-order valence-corrected chi connectivity index (χ3v) is 5.41. The maximum absolute atomic E-state index is 12.3. The van der Waals surface area contributed by atoms with Crippen molar-refractivity contribution in [2.75, 3.05) is 0 Å². The molecule has 2 rings (SSSR count). The second kappa shape index (κ2) is 6.01. The number of nitrogens with zero attached hydrogens (tertiary/aromatic N) is 1. The fourth-order valence-corrected chi connectivity index (χ4v) is 4.18. The van der Waals surface area contributed by atoms with E-state index in [0.29, 0.717) is 17.3 Å². The number of carbonyl (C=O) groups excluding carboxylic acids is 1. The van der Waals surface area contributed by atoms with Gasteiger partial charge in [-0.1, -0.05) is 6.92 Å². The van der Waals surface area contributed by atoms with Crippen molar-refractivity contribution < 1.29 is 4.79 Å². The molecule has 0 heterocycles. The maximum atomic E-state index is 12.3. The molecule has 0 saturated heterocycles. The Hall–Kier alpha value is -1.27. The second-order valence-corrected chi connectivity index (χ2v) is 7.97. The van der Waals surface area contributed by atoms with Gasteiger partial charge in [0, 0.05) is 22.0 Å². The molecule has 0 aromatic heterocycles. The second-order valence-electron chi connectivity index (χ2n) is 6.25. The topological polar surface area (TPSA) is 40.9 Å². The Bertz CT molecular complexity index is 527. The third kappa shape index (κ3) is 3.43. The van der Waals surface area contributed by atoms with E-state index in [9.17, 15) is 4.79 Å². The molecule has 2 nitrogen and oxygen atoms in total. The van der Waals surface area contributed by atoms with Crippen molar-refractivity contribution in [1.29, 1.82) is 5.26 Å². The molecule has 20 heavy (non-hydrogen) atoms. The average molecular weight is 287 g/mol. The van der Waals surface area contributed by atoms with Gasteiger partial charge in [0.05, 0.1) is 11.6 Å². The highest BCUT2D eigenvalue weighted by atomic mass is 32.2. The minimum absolute atomic E-state index is 0.0919. The number of thioether (sulfide) groups is 1. The van der Waals surface area contributed by atoms with E-state index in [-0.39, 0.29) is 10.7 Å². The van der Waals surface area contributed by atoms with Crippen LogP contribution in [0.2, 0.25) is 0 Å². The standard InChI is InChI=1S/C17H21NOS/c1-12-4-9-15(16(19)10-12)17(2,3)20-14-7-5-13(11-18)6-8-14/h5-8,12,15H,4,9-10H2,1-3H3. The fourth-order valence-electron chi connectivity index (χ4n) is 2.91. The monoisotopic (exact) mass is 287 g/mol. The van der Waals surface area contributed by atoms with E-state index in [2.05, 4.69) is 26.8 Å². The highest BCUT2D eigenvalue weighted by molar-refractivity contribution is 8.00.